The second kappa shape index (κ2) is 5.40. The van der Waals surface area contributed by atoms with Crippen LogP contribution in [-0.2, 0) is 0 Å². The first-order valence-corrected chi connectivity index (χ1v) is 6.07. The average Bonchev–Trinajstić information content (AvgIpc) is 2.20. The molecule has 5 heteroatoms. The molecule has 1 aliphatic rings. The van der Waals surface area contributed by atoms with E-state index in [1.165, 1.54) is 12.7 Å². The summed E-state index contributed by atoms with van der Waals surface area (Å²) in [6.45, 7) is 1.53. The van der Waals surface area contributed by atoms with E-state index in [2.05, 4.69) is 15.3 Å². The molecule has 1 saturated carbocycles. The number of halogens is 1. The fraction of sp³-hybridized carbons (Fsp3) is 0.667. The first kappa shape index (κ1) is 12.2. The smallest absolute Gasteiger partial charge is 0.187 e. The molecule has 1 N–H and O–H groups in total. The van der Waals surface area contributed by atoms with E-state index >= 15 is 0 Å². The van der Waals surface area contributed by atoms with Crippen LogP contribution in [0.1, 0.15) is 30.9 Å². The van der Waals surface area contributed by atoms with Crippen molar-refractivity contribution in [2.45, 2.75) is 25.2 Å². The minimum Gasteiger partial charge on any atom is -0.366 e. The average molecular weight is 238 g/mol. The predicted molar refractivity (Wildman–Crippen MR) is 65.6 cm³/mol. The van der Waals surface area contributed by atoms with E-state index in [1.54, 1.807) is 0 Å². The summed E-state index contributed by atoms with van der Waals surface area (Å²) in [5, 5.41) is 3.02. The van der Waals surface area contributed by atoms with E-state index in [0.717, 1.165) is 19.4 Å². The first-order chi connectivity index (χ1) is 8.18. The second-order valence-corrected chi connectivity index (χ2v) is 4.78. The normalized spacial score (nSPS) is 16.0. The molecule has 1 aromatic rings. The number of anilines is 1. The quantitative estimate of drug-likeness (QED) is 0.850. The Hall–Kier alpha value is -1.23. The maximum Gasteiger partial charge on any atom is 0.187 e. The van der Waals surface area contributed by atoms with E-state index in [0.29, 0.717) is 24.0 Å². The van der Waals surface area contributed by atoms with Crippen molar-refractivity contribution in [3.8, 4) is 0 Å². The lowest BCUT2D eigenvalue weighted by Crippen LogP contribution is -2.22. The summed E-state index contributed by atoms with van der Waals surface area (Å²) in [5.41, 5.74) is 0.582. The third-order valence-electron chi connectivity index (χ3n) is 3.16. The van der Waals surface area contributed by atoms with E-state index in [9.17, 15) is 4.39 Å². The molecule has 1 heterocycles. The number of aromatic nitrogens is 2. The van der Waals surface area contributed by atoms with Crippen molar-refractivity contribution in [1.82, 2.24) is 14.9 Å². The van der Waals surface area contributed by atoms with Gasteiger partial charge >= 0.3 is 0 Å². The molecule has 1 aliphatic carbocycles. The van der Waals surface area contributed by atoms with Gasteiger partial charge < -0.3 is 10.2 Å². The Balaban J connectivity index is 2.01. The van der Waals surface area contributed by atoms with Gasteiger partial charge in [-0.2, -0.15) is 0 Å². The van der Waals surface area contributed by atoms with E-state index in [1.807, 2.05) is 19.0 Å². The van der Waals surface area contributed by atoms with Crippen molar-refractivity contribution in [2.24, 2.45) is 0 Å². The molecule has 0 atom stereocenters. The van der Waals surface area contributed by atoms with Gasteiger partial charge in [0.15, 0.2) is 11.6 Å². The first-order valence-electron chi connectivity index (χ1n) is 6.07. The van der Waals surface area contributed by atoms with Crippen molar-refractivity contribution >= 4 is 5.82 Å². The SMILES string of the molecule is CN(C)CCNc1ncnc(C2CCC2)c1F. The second-order valence-electron chi connectivity index (χ2n) is 4.78. The largest absolute Gasteiger partial charge is 0.366 e. The maximum atomic E-state index is 14.1. The van der Waals surface area contributed by atoms with Gasteiger partial charge in [-0.25, -0.2) is 14.4 Å². The summed E-state index contributed by atoms with van der Waals surface area (Å²) < 4.78 is 14.1. The predicted octanol–water partition coefficient (Wildman–Crippen LogP) is 1.86. The summed E-state index contributed by atoms with van der Waals surface area (Å²) in [6, 6.07) is 0. The summed E-state index contributed by atoms with van der Waals surface area (Å²) in [5.74, 6) is 0.368. The fourth-order valence-electron chi connectivity index (χ4n) is 1.87. The van der Waals surface area contributed by atoms with Gasteiger partial charge in [-0.3, -0.25) is 0 Å². The minimum atomic E-state index is -0.268. The summed E-state index contributed by atoms with van der Waals surface area (Å²) in [7, 11) is 3.97. The Labute approximate surface area is 101 Å². The highest BCUT2D eigenvalue weighted by Gasteiger charge is 2.25. The fourth-order valence-corrected chi connectivity index (χ4v) is 1.87. The molecule has 4 nitrogen and oxygen atoms in total. The van der Waals surface area contributed by atoms with Gasteiger partial charge in [-0.15, -0.1) is 0 Å². The van der Waals surface area contributed by atoms with Gasteiger partial charge in [-0.05, 0) is 26.9 Å². The third kappa shape index (κ3) is 2.91. The lowest BCUT2D eigenvalue weighted by atomic mass is 9.82. The number of rotatable bonds is 5. The maximum absolute atomic E-state index is 14.1. The van der Waals surface area contributed by atoms with Crippen LogP contribution in [0.25, 0.3) is 0 Å². The zero-order valence-electron chi connectivity index (χ0n) is 10.4. The van der Waals surface area contributed by atoms with Crippen molar-refractivity contribution in [3.05, 3.63) is 17.8 Å². The Morgan fingerprint density at radius 1 is 1.41 bits per heavy atom. The van der Waals surface area contributed by atoms with Crippen LogP contribution in [0, 0.1) is 5.82 Å². The molecule has 1 fully saturated rings. The van der Waals surface area contributed by atoms with Gasteiger partial charge in [-0.1, -0.05) is 6.42 Å². The van der Waals surface area contributed by atoms with Crippen LogP contribution >= 0.6 is 0 Å². The monoisotopic (exact) mass is 238 g/mol. The van der Waals surface area contributed by atoms with Crippen LogP contribution in [0.3, 0.4) is 0 Å². The Kier molecular flexibility index (Phi) is 3.89. The Bertz CT molecular complexity index is 377. The van der Waals surface area contributed by atoms with E-state index in [-0.39, 0.29) is 5.82 Å². The molecule has 0 aromatic carbocycles. The molecule has 0 radical (unpaired) electrons. The van der Waals surface area contributed by atoms with Gasteiger partial charge in [0.1, 0.15) is 6.33 Å². The van der Waals surface area contributed by atoms with Crippen molar-refractivity contribution in [1.29, 1.82) is 0 Å². The van der Waals surface area contributed by atoms with Crippen molar-refractivity contribution < 1.29 is 4.39 Å². The topological polar surface area (TPSA) is 41.0 Å². The van der Waals surface area contributed by atoms with Gasteiger partial charge in [0.2, 0.25) is 0 Å². The summed E-state index contributed by atoms with van der Waals surface area (Å²) >= 11 is 0. The zero-order chi connectivity index (χ0) is 12.3. The molecular formula is C12H19FN4. The molecule has 1 aromatic heterocycles. The number of hydrogen-bond donors (Lipinski definition) is 1. The number of nitrogens with one attached hydrogen (secondary N) is 1. The molecule has 0 spiro atoms. The molecule has 0 unspecified atom stereocenters. The minimum absolute atomic E-state index is 0.268. The number of hydrogen-bond acceptors (Lipinski definition) is 4. The van der Waals surface area contributed by atoms with Crippen LogP contribution in [-0.4, -0.2) is 42.1 Å². The highest BCUT2D eigenvalue weighted by atomic mass is 19.1. The van der Waals surface area contributed by atoms with Gasteiger partial charge in [0.05, 0.1) is 5.69 Å². The molecular weight excluding hydrogens is 219 g/mol. The number of likely N-dealkylation sites (N-methyl/N-ethyl adjacent to an activating group) is 1. The zero-order valence-corrected chi connectivity index (χ0v) is 10.4. The highest BCUT2D eigenvalue weighted by Crippen LogP contribution is 2.37. The standard InChI is InChI=1S/C12H19FN4/c1-17(2)7-6-14-12-10(13)11(15-8-16-12)9-4-3-5-9/h8-9H,3-7H2,1-2H3,(H,14,15,16). The van der Waals surface area contributed by atoms with Gasteiger partial charge in [0, 0.05) is 19.0 Å². The summed E-state index contributed by atoms with van der Waals surface area (Å²) in [4.78, 5) is 10.1. The van der Waals surface area contributed by atoms with Crippen molar-refractivity contribution in [3.63, 3.8) is 0 Å². The summed E-state index contributed by atoms with van der Waals surface area (Å²) in [6.07, 6.45) is 4.72. The Morgan fingerprint density at radius 2 is 2.18 bits per heavy atom. The van der Waals surface area contributed by atoms with Crippen molar-refractivity contribution in [2.75, 3.05) is 32.5 Å². The van der Waals surface area contributed by atoms with Crippen LogP contribution in [0.2, 0.25) is 0 Å². The Morgan fingerprint density at radius 3 is 2.76 bits per heavy atom. The van der Waals surface area contributed by atoms with Gasteiger partial charge in [0.25, 0.3) is 0 Å². The molecule has 0 saturated heterocycles. The molecule has 0 aliphatic heterocycles. The van der Waals surface area contributed by atoms with Crippen LogP contribution in [0.4, 0.5) is 10.2 Å². The van der Waals surface area contributed by atoms with Crippen LogP contribution in [0.15, 0.2) is 6.33 Å². The highest BCUT2D eigenvalue weighted by molar-refractivity contribution is 5.38. The van der Waals surface area contributed by atoms with Crippen LogP contribution in [0.5, 0.6) is 0 Å². The lowest BCUT2D eigenvalue weighted by molar-refractivity contribution is 0.392. The third-order valence-corrected chi connectivity index (χ3v) is 3.16. The molecule has 17 heavy (non-hydrogen) atoms. The molecule has 0 bridgehead atoms. The molecule has 0 amide bonds. The van der Waals surface area contributed by atoms with E-state index < -0.39 is 0 Å². The van der Waals surface area contributed by atoms with Crippen LogP contribution < -0.4 is 5.32 Å². The van der Waals surface area contributed by atoms with E-state index in [4.69, 9.17) is 0 Å². The lowest BCUT2D eigenvalue weighted by Gasteiger charge is -2.25. The molecule has 2 rings (SSSR count). The molecule has 94 valence electrons. The number of nitrogens with zero attached hydrogens (tertiary/aromatic N) is 3.